The van der Waals surface area contributed by atoms with Gasteiger partial charge in [-0.1, -0.05) is 12.1 Å². The van der Waals surface area contributed by atoms with E-state index in [9.17, 15) is 0 Å². The Morgan fingerprint density at radius 3 is 2.62 bits per heavy atom. The molecule has 0 unspecified atom stereocenters. The largest absolute Gasteiger partial charge is 0.395 e. The summed E-state index contributed by atoms with van der Waals surface area (Å²) in [5.74, 6) is 1.55. The van der Waals surface area contributed by atoms with Crippen LogP contribution < -0.4 is 15.5 Å². The van der Waals surface area contributed by atoms with Crippen LogP contribution in [0.5, 0.6) is 0 Å². The first-order chi connectivity index (χ1) is 12.6. The van der Waals surface area contributed by atoms with Gasteiger partial charge in [0.25, 0.3) is 0 Å². The Bertz CT molecular complexity index is 730. The maximum absolute atomic E-state index is 9.10. The van der Waals surface area contributed by atoms with E-state index in [4.69, 9.17) is 10.8 Å². The third kappa shape index (κ3) is 3.89. The standard InChI is InChI=1S/C19H28N6O/c1-3-25(16-6-4-5-15(2)13-16)19-17(20)18(21-14-22-19)24-9-7-23(8-10-24)11-12-26/h4-6,13-14,26H,3,7-12,20H2,1-2H3. The van der Waals surface area contributed by atoms with Gasteiger partial charge in [-0.05, 0) is 31.5 Å². The zero-order chi connectivity index (χ0) is 18.5. The summed E-state index contributed by atoms with van der Waals surface area (Å²) >= 11 is 0. The van der Waals surface area contributed by atoms with Gasteiger partial charge in [0.05, 0.1) is 6.61 Å². The van der Waals surface area contributed by atoms with E-state index >= 15 is 0 Å². The molecule has 0 atom stereocenters. The molecule has 0 saturated carbocycles. The minimum absolute atomic E-state index is 0.196. The second-order valence-electron chi connectivity index (χ2n) is 6.57. The Balaban J connectivity index is 1.85. The normalized spacial score (nSPS) is 15.3. The van der Waals surface area contributed by atoms with Crippen molar-refractivity contribution in [1.29, 1.82) is 0 Å². The number of rotatable bonds is 6. The molecule has 2 heterocycles. The fraction of sp³-hybridized carbons (Fsp3) is 0.474. The molecule has 0 aliphatic carbocycles. The molecule has 7 heteroatoms. The molecule has 3 rings (SSSR count). The molecule has 3 N–H and O–H groups in total. The lowest BCUT2D eigenvalue weighted by Gasteiger charge is -2.36. The van der Waals surface area contributed by atoms with Gasteiger partial charge in [0.15, 0.2) is 11.6 Å². The Hall–Kier alpha value is -2.38. The number of aryl methyl sites for hydroxylation is 1. The molecule has 2 aromatic rings. The number of aromatic nitrogens is 2. The lowest BCUT2D eigenvalue weighted by molar-refractivity contribution is 0.188. The fourth-order valence-corrected chi connectivity index (χ4v) is 3.42. The van der Waals surface area contributed by atoms with Crippen molar-refractivity contribution >= 4 is 23.0 Å². The van der Waals surface area contributed by atoms with Crippen LogP contribution in [-0.4, -0.2) is 65.8 Å². The van der Waals surface area contributed by atoms with E-state index in [1.165, 1.54) is 5.56 Å². The van der Waals surface area contributed by atoms with E-state index in [1.54, 1.807) is 6.33 Å². The molecule has 140 valence electrons. The van der Waals surface area contributed by atoms with Crippen LogP contribution in [0.4, 0.5) is 23.0 Å². The maximum Gasteiger partial charge on any atom is 0.161 e. The highest BCUT2D eigenvalue weighted by Gasteiger charge is 2.23. The van der Waals surface area contributed by atoms with Crippen molar-refractivity contribution in [1.82, 2.24) is 14.9 Å². The first-order valence-corrected chi connectivity index (χ1v) is 9.17. The zero-order valence-corrected chi connectivity index (χ0v) is 15.6. The van der Waals surface area contributed by atoms with Gasteiger partial charge in [-0.3, -0.25) is 4.90 Å². The van der Waals surface area contributed by atoms with Gasteiger partial charge < -0.3 is 20.6 Å². The zero-order valence-electron chi connectivity index (χ0n) is 15.6. The van der Waals surface area contributed by atoms with Crippen LogP contribution in [0.2, 0.25) is 0 Å². The summed E-state index contributed by atoms with van der Waals surface area (Å²) in [5.41, 5.74) is 9.40. The molecule has 1 aliphatic rings. The minimum atomic E-state index is 0.196. The van der Waals surface area contributed by atoms with E-state index in [2.05, 4.69) is 56.7 Å². The van der Waals surface area contributed by atoms with Gasteiger partial charge in [0.2, 0.25) is 0 Å². The fourth-order valence-electron chi connectivity index (χ4n) is 3.42. The average Bonchev–Trinajstić information content (AvgIpc) is 2.65. The number of anilines is 4. The molecule has 1 fully saturated rings. The number of benzene rings is 1. The van der Waals surface area contributed by atoms with Crippen LogP contribution in [0.1, 0.15) is 12.5 Å². The quantitative estimate of drug-likeness (QED) is 0.814. The molecule has 7 nitrogen and oxygen atoms in total. The second-order valence-corrected chi connectivity index (χ2v) is 6.57. The van der Waals surface area contributed by atoms with E-state index in [0.717, 1.165) is 56.6 Å². The van der Waals surface area contributed by atoms with Crippen molar-refractivity contribution in [3.05, 3.63) is 36.2 Å². The van der Waals surface area contributed by atoms with E-state index in [-0.39, 0.29) is 6.61 Å². The number of β-amino-alcohol motifs (C(OH)–C–C–N with tert-alkyl or cyclic N) is 1. The van der Waals surface area contributed by atoms with Gasteiger partial charge in [-0.15, -0.1) is 0 Å². The molecule has 26 heavy (non-hydrogen) atoms. The van der Waals surface area contributed by atoms with Crippen molar-refractivity contribution in [2.24, 2.45) is 0 Å². The first kappa shape index (κ1) is 18.4. The molecule has 0 spiro atoms. The number of nitrogens with two attached hydrogens (primary N) is 1. The summed E-state index contributed by atoms with van der Waals surface area (Å²) in [6.45, 7) is 9.35. The Morgan fingerprint density at radius 2 is 1.96 bits per heavy atom. The first-order valence-electron chi connectivity index (χ1n) is 9.17. The van der Waals surface area contributed by atoms with Crippen LogP contribution in [0.3, 0.4) is 0 Å². The van der Waals surface area contributed by atoms with Gasteiger partial charge >= 0.3 is 0 Å². The third-order valence-electron chi connectivity index (χ3n) is 4.82. The smallest absolute Gasteiger partial charge is 0.161 e. The predicted molar refractivity (Wildman–Crippen MR) is 106 cm³/mol. The van der Waals surface area contributed by atoms with Gasteiger partial charge in [-0.2, -0.15) is 0 Å². The number of nitrogens with zero attached hydrogens (tertiary/aromatic N) is 5. The highest BCUT2D eigenvalue weighted by molar-refractivity contribution is 5.79. The lowest BCUT2D eigenvalue weighted by atomic mass is 10.2. The van der Waals surface area contributed by atoms with Crippen molar-refractivity contribution in [3.8, 4) is 0 Å². The molecular formula is C19H28N6O. The Kier molecular flexibility index (Phi) is 5.90. The van der Waals surface area contributed by atoms with Gasteiger partial charge in [0, 0.05) is 45.0 Å². The van der Waals surface area contributed by atoms with Crippen LogP contribution >= 0.6 is 0 Å². The third-order valence-corrected chi connectivity index (χ3v) is 4.82. The molecular weight excluding hydrogens is 328 g/mol. The lowest BCUT2D eigenvalue weighted by Crippen LogP contribution is -2.47. The van der Waals surface area contributed by atoms with Crippen molar-refractivity contribution in [2.45, 2.75) is 13.8 Å². The van der Waals surface area contributed by atoms with Crippen molar-refractivity contribution in [2.75, 3.05) is 61.4 Å². The molecule has 0 radical (unpaired) electrons. The topological polar surface area (TPSA) is 81.8 Å². The summed E-state index contributed by atoms with van der Waals surface area (Å²) < 4.78 is 0. The minimum Gasteiger partial charge on any atom is -0.395 e. The Labute approximate surface area is 155 Å². The van der Waals surface area contributed by atoms with Crippen molar-refractivity contribution in [3.63, 3.8) is 0 Å². The number of aliphatic hydroxyl groups excluding tert-OH is 1. The number of aliphatic hydroxyl groups is 1. The van der Waals surface area contributed by atoms with E-state index in [1.807, 2.05) is 6.07 Å². The van der Waals surface area contributed by atoms with Gasteiger partial charge in [0.1, 0.15) is 12.0 Å². The average molecular weight is 356 g/mol. The number of hydrogen-bond donors (Lipinski definition) is 2. The highest BCUT2D eigenvalue weighted by Crippen LogP contribution is 2.33. The maximum atomic E-state index is 9.10. The van der Waals surface area contributed by atoms with Crippen molar-refractivity contribution < 1.29 is 5.11 Å². The predicted octanol–water partition coefficient (Wildman–Crippen LogP) is 1.64. The Morgan fingerprint density at radius 1 is 1.19 bits per heavy atom. The second kappa shape index (κ2) is 8.33. The SMILES string of the molecule is CCN(c1cccc(C)c1)c1ncnc(N2CCN(CCO)CC2)c1N. The highest BCUT2D eigenvalue weighted by atomic mass is 16.3. The summed E-state index contributed by atoms with van der Waals surface area (Å²) in [6, 6.07) is 8.34. The summed E-state index contributed by atoms with van der Waals surface area (Å²) in [4.78, 5) is 15.5. The van der Waals surface area contributed by atoms with Gasteiger partial charge in [-0.25, -0.2) is 9.97 Å². The van der Waals surface area contributed by atoms with Crippen LogP contribution in [-0.2, 0) is 0 Å². The number of hydrogen-bond acceptors (Lipinski definition) is 7. The summed E-state index contributed by atoms with van der Waals surface area (Å²) in [5, 5.41) is 9.10. The number of nitrogen functional groups attached to an aromatic ring is 1. The van der Waals surface area contributed by atoms with E-state index < -0.39 is 0 Å². The molecule has 1 aromatic heterocycles. The van der Waals surface area contributed by atoms with Crippen LogP contribution in [0, 0.1) is 6.92 Å². The summed E-state index contributed by atoms with van der Waals surface area (Å²) in [7, 11) is 0. The molecule has 1 aromatic carbocycles. The number of piperazine rings is 1. The molecule has 1 aliphatic heterocycles. The molecule has 0 amide bonds. The van der Waals surface area contributed by atoms with Crippen LogP contribution in [0.25, 0.3) is 0 Å². The molecule has 1 saturated heterocycles. The summed E-state index contributed by atoms with van der Waals surface area (Å²) in [6.07, 6.45) is 1.60. The van der Waals surface area contributed by atoms with E-state index in [0.29, 0.717) is 5.69 Å². The monoisotopic (exact) mass is 356 g/mol. The molecule has 0 bridgehead atoms. The van der Waals surface area contributed by atoms with Crippen LogP contribution in [0.15, 0.2) is 30.6 Å².